The molecule has 0 saturated carbocycles. The van der Waals surface area contributed by atoms with Gasteiger partial charge in [-0.2, -0.15) is 0 Å². The van der Waals surface area contributed by atoms with Crippen molar-refractivity contribution in [1.82, 2.24) is 9.55 Å². The molecular formula is C15H13Cl2N3. The van der Waals surface area contributed by atoms with E-state index in [1.807, 2.05) is 41.9 Å². The van der Waals surface area contributed by atoms with Gasteiger partial charge in [-0.3, -0.25) is 0 Å². The lowest BCUT2D eigenvalue weighted by Crippen LogP contribution is -1.97. The fourth-order valence-electron chi connectivity index (χ4n) is 2.35. The van der Waals surface area contributed by atoms with Crippen LogP contribution in [0.3, 0.4) is 0 Å². The summed E-state index contributed by atoms with van der Waals surface area (Å²) >= 11 is 12.2. The molecule has 5 heteroatoms. The number of benzene rings is 2. The maximum atomic E-state index is 6.27. The summed E-state index contributed by atoms with van der Waals surface area (Å²) in [7, 11) is 1.97. The molecule has 2 N–H and O–H groups in total. The van der Waals surface area contributed by atoms with Crippen LogP contribution in [0, 0.1) is 0 Å². The molecule has 0 aliphatic heterocycles. The van der Waals surface area contributed by atoms with Gasteiger partial charge in [-0.15, -0.1) is 0 Å². The molecule has 0 amide bonds. The molecule has 0 radical (unpaired) electrons. The van der Waals surface area contributed by atoms with E-state index >= 15 is 0 Å². The van der Waals surface area contributed by atoms with Crippen molar-refractivity contribution in [3.63, 3.8) is 0 Å². The number of rotatable bonds is 2. The number of aromatic nitrogens is 2. The Morgan fingerprint density at radius 1 is 1.20 bits per heavy atom. The summed E-state index contributed by atoms with van der Waals surface area (Å²) < 4.78 is 2.02. The average Bonchev–Trinajstić information content (AvgIpc) is 2.76. The van der Waals surface area contributed by atoms with Gasteiger partial charge in [0.2, 0.25) is 0 Å². The summed E-state index contributed by atoms with van der Waals surface area (Å²) in [5.74, 6) is 0.808. The van der Waals surface area contributed by atoms with Crippen LogP contribution in [0.2, 0.25) is 10.0 Å². The molecule has 1 aromatic heterocycles. The number of aryl methyl sites for hydroxylation is 1. The Bertz CT molecular complexity index is 793. The van der Waals surface area contributed by atoms with Gasteiger partial charge < -0.3 is 10.3 Å². The number of hydrogen-bond donors (Lipinski definition) is 1. The monoisotopic (exact) mass is 305 g/mol. The van der Waals surface area contributed by atoms with Crippen LogP contribution in [-0.4, -0.2) is 9.55 Å². The van der Waals surface area contributed by atoms with Gasteiger partial charge in [0.25, 0.3) is 0 Å². The molecule has 0 spiro atoms. The van der Waals surface area contributed by atoms with Crippen LogP contribution in [0.1, 0.15) is 5.56 Å². The zero-order valence-electron chi connectivity index (χ0n) is 10.9. The molecule has 2 aromatic carbocycles. The summed E-state index contributed by atoms with van der Waals surface area (Å²) in [4.78, 5) is 4.70. The second kappa shape index (κ2) is 5.09. The van der Waals surface area contributed by atoms with Crippen LogP contribution in [0.15, 0.2) is 36.4 Å². The molecule has 3 aromatic rings. The van der Waals surface area contributed by atoms with Gasteiger partial charge in [-0.25, -0.2) is 4.98 Å². The lowest BCUT2D eigenvalue weighted by atomic mass is 10.2. The molecule has 3 rings (SSSR count). The van der Waals surface area contributed by atoms with Crippen LogP contribution < -0.4 is 5.73 Å². The van der Waals surface area contributed by atoms with Crippen LogP contribution in [-0.2, 0) is 13.6 Å². The fraction of sp³-hybridized carbons (Fsp3) is 0.133. The summed E-state index contributed by atoms with van der Waals surface area (Å²) in [6.45, 7) is 0.460. The van der Waals surface area contributed by atoms with Crippen molar-refractivity contribution >= 4 is 34.2 Å². The summed E-state index contributed by atoms with van der Waals surface area (Å²) in [6.07, 6.45) is 0. The molecule has 0 aliphatic rings. The zero-order chi connectivity index (χ0) is 14.3. The molecular weight excluding hydrogens is 293 g/mol. The Labute approximate surface area is 126 Å². The number of nitrogens with two attached hydrogens (primary N) is 1. The minimum absolute atomic E-state index is 0.460. The van der Waals surface area contributed by atoms with Crippen LogP contribution >= 0.6 is 23.2 Å². The molecule has 1 heterocycles. The van der Waals surface area contributed by atoms with Crippen molar-refractivity contribution in [2.24, 2.45) is 12.8 Å². The van der Waals surface area contributed by atoms with Gasteiger partial charge in [0.05, 0.1) is 16.1 Å². The van der Waals surface area contributed by atoms with E-state index in [9.17, 15) is 0 Å². The zero-order valence-corrected chi connectivity index (χ0v) is 12.4. The first-order chi connectivity index (χ1) is 9.61. The standard InChI is InChI=1S/C15H13Cl2N3/c1-20-13-4-2-3-9(8-18)14(13)19-15(20)11-6-5-10(16)7-12(11)17/h2-7H,8,18H2,1H3. The Balaban J connectivity index is 2.29. The van der Waals surface area contributed by atoms with Crippen molar-refractivity contribution < 1.29 is 0 Å². The van der Waals surface area contributed by atoms with Crippen molar-refractivity contribution in [2.75, 3.05) is 0 Å². The maximum Gasteiger partial charge on any atom is 0.142 e. The van der Waals surface area contributed by atoms with Gasteiger partial charge in [0.15, 0.2) is 0 Å². The molecule has 0 saturated heterocycles. The van der Waals surface area contributed by atoms with Crippen molar-refractivity contribution in [3.8, 4) is 11.4 Å². The maximum absolute atomic E-state index is 6.27. The van der Waals surface area contributed by atoms with Crippen LogP contribution in [0.4, 0.5) is 0 Å². The van der Waals surface area contributed by atoms with Crippen molar-refractivity contribution in [3.05, 3.63) is 52.0 Å². The van der Waals surface area contributed by atoms with E-state index in [1.165, 1.54) is 0 Å². The van der Waals surface area contributed by atoms with Gasteiger partial charge in [0.1, 0.15) is 5.82 Å². The topological polar surface area (TPSA) is 43.8 Å². The number of imidazole rings is 1. The smallest absolute Gasteiger partial charge is 0.142 e. The van der Waals surface area contributed by atoms with Crippen molar-refractivity contribution in [1.29, 1.82) is 0 Å². The highest BCUT2D eigenvalue weighted by Crippen LogP contribution is 2.32. The number of para-hydroxylation sites is 1. The van der Waals surface area contributed by atoms with Gasteiger partial charge in [-0.05, 0) is 29.8 Å². The molecule has 0 bridgehead atoms. The lowest BCUT2D eigenvalue weighted by molar-refractivity contribution is 0.959. The largest absolute Gasteiger partial charge is 0.327 e. The highest BCUT2D eigenvalue weighted by molar-refractivity contribution is 6.36. The first-order valence-electron chi connectivity index (χ1n) is 6.21. The van der Waals surface area contributed by atoms with Crippen LogP contribution in [0.25, 0.3) is 22.4 Å². The molecule has 102 valence electrons. The van der Waals surface area contributed by atoms with E-state index in [0.29, 0.717) is 16.6 Å². The molecule has 3 nitrogen and oxygen atoms in total. The first-order valence-corrected chi connectivity index (χ1v) is 6.97. The van der Waals surface area contributed by atoms with E-state index in [-0.39, 0.29) is 0 Å². The van der Waals surface area contributed by atoms with E-state index in [0.717, 1.165) is 28.0 Å². The predicted octanol–water partition coefficient (Wildman–Crippen LogP) is 4.01. The second-order valence-electron chi connectivity index (χ2n) is 4.61. The van der Waals surface area contributed by atoms with Gasteiger partial charge in [0, 0.05) is 24.2 Å². The Morgan fingerprint density at radius 3 is 2.70 bits per heavy atom. The van der Waals surface area contributed by atoms with E-state index in [2.05, 4.69) is 0 Å². The van der Waals surface area contributed by atoms with E-state index in [4.69, 9.17) is 33.9 Å². The summed E-state index contributed by atoms with van der Waals surface area (Å²) in [6, 6.07) is 11.4. The SMILES string of the molecule is Cn1c(-c2ccc(Cl)cc2Cl)nc2c(CN)cccc21. The Morgan fingerprint density at radius 2 is 2.00 bits per heavy atom. The van der Waals surface area contributed by atoms with Crippen molar-refractivity contribution in [2.45, 2.75) is 6.54 Å². The molecule has 0 aliphatic carbocycles. The highest BCUT2D eigenvalue weighted by atomic mass is 35.5. The summed E-state index contributed by atoms with van der Waals surface area (Å²) in [5, 5.41) is 1.20. The average molecular weight is 306 g/mol. The molecule has 20 heavy (non-hydrogen) atoms. The predicted molar refractivity (Wildman–Crippen MR) is 84.1 cm³/mol. The number of halogens is 2. The minimum atomic E-state index is 0.460. The number of hydrogen-bond acceptors (Lipinski definition) is 2. The third kappa shape index (κ3) is 2.08. The second-order valence-corrected chi connectivity index (χ2v) is 5.45. The highest BCUT2D eigenvalue weighted by Gasteiger charge is 2.14. The minimum Gasteiger partial charge on any atom is -0.327 e. The molecule has 0 atom stereocenters. The third-order valence-electron chi connectivity index (χ3n) is 3.39. The number of fused-ring (bicyclic) bond motifs is 1. The normalized spacial score (nSPS) is 11.2. The number of nitrogens with zero attached hydrogens (tertiary/aromatic N) is 2. The first kappa shape index (κ1) is 13.4. The van der Waals surface area contributed by atoms with E-state index in [1.54, 1.807) is 6.07 Å². The van der Waals surface area contributed by atoms with Crippen LogP contribution in [0.5, 0.6) is 0 Å². The van der Waals surface area contributed by atoms with Gasteiger partial charge in [-0.1, -0.05) is 35.3 Å². The Hall–Kier alpha value is -1.55. The fourth-order valence-corrected chi connectivity index (χ4v) is 2.84. The summed E-state index contributed by atoms with van der Waals surface area (Å²) in [5.41, 5.74) is 9.60. The van der Waals surface area contributed by atoms with E-state index < -0.39 is 0 Å². The quantitative estimate of drug-likeness (QED) is 0.777. The molecule has 0 fully saturated rings. The molecule has 0 unspecified atom stereocenters. The Kier molecular flexibility index (Phi) is 3.42. The lowest BCUT2D eigenvalue weighted by Gasteiger charge is -2.05. The van der Waals surface area contributed by atoms with Gasteiger partial charge >= 0.3 is 0 Å². The third-order valence-corrected chi connectivity index (χ3v) is 3.93.